The van der Waals surface area contributed by atoms with Crippen LogP contribution >= 0.6 is 0 Å². The molecule has 0 amide bonds. The van der Waals surface area contributed by atoms with Crippen molar-refractivity contribution in [1.29, 1.82) is 0 Å². The molecule has 0 spiro atoms. The second kappa shape index (κ2) is 8.11. The molecule has 1 saturated heterocycles. The molecule has 0 aliphatic carbocycles. The summed E-state index contributed by atoms with van der Waals surface area (Å²) in [6, 6.07) is 0. The molecule has 1 aromatic rings. The Balaban J connectivity index is 2.05. The molecule has 7 heteroatoms. The molecule has 1 aliphatic rings. The number of nitrogen functional groups attached to an aromatic ring is 1. The summed E-state index contributed by atoms with van der Waals surface area (Å²) in [7, 11) is 0. The van der Waals surface area contributed by atoms with Gasteiger partial charge in [0.15, 0.2) is 0 Å². The standard InChI is InChI=1S/C14H25N5O2/c1-2-3-12-13(18-15)16-10-17-14(12)19-6-4-11(5-7-19)21-9-8-20/h10-11,20H,2-9,15H2,1H3,(H,16,17,18). The quantitative estimate of drug-likeness (QED) is 0.503. The number of anilines is 2. The van der Waals surface area contributed by atoms with Gasteiger partial charge in [-0.05, 0) is 19.3 Å². The number of hydrogen-bond acceptors (Lipinski definition) is 7. The van der Waals surface area contributed by atoms with Gasteiger partial charge < -0.3 is 20.2 Å². The van der Waals surface area contributed by atoms with E-state index in [1.54, 1.807) is 6.33 Å². The van der Waals surface area contributed by atoms with Crippen molar-refractivity contribution in [1.82, 2.24) is 9.97 Å². The van der Waals surface area contributed by atoms with Crippen molar-refractivity contribution >= 4 is 11.6 Å². The highest BCUT2D eigenvalue weighted by Crippen LogP contribution is 2.27. The van der Waals surface area contributed by atoms with E-state index in [2.05, 4.69) is 27.2 Å². The second-order valence-electron chi connectivity index (χ2n) is 5.20. The summed E-state index contributed by atoms with van der Waals surface area (Å²) in [5.74, 6) is 7.24. The molecule has 0 saturated carbocycles. The van der Waals surface area contributed by atoms with Gasteiger partial charge in [0.1, 0.15) is 18.0 Å². The SMILES string of the molecule is CCCc1c(NN)ncnc1N1CCC(OCCO)CC1. The summed E-state index contributed by atoms with van der Waals surface area (Å²) in [4.78, 5) is 10.9. The molecule has 1 fully saturated rings. The summed E-state index contributed by atoms with van der Waals surface area (Å²) in [6.45, 7) is 4.42. The fraction of sp³-hybridized carbons (Fsp3) is 0.714. The van der Waals surface area contributed by atoms with Gasteiger partial charge in [0.2, 0.25) is 0 Å². The first-order valence-electron chi connectivity index (χ1n) is 7.58. The van der Waals surface area contributed by atoms with Crippen molar-refractivity contribution in [3.8, 4) is 0 Å². The highest BCUT2D eigenvalue weighted by molar-refractivity contribution is 5.58. The van der Waals surface area contributed by atoms with Crippen LogP contribution in [0.1, 0.15) is 31.7 Å². The number of hydrazine groups is 1. The third-order valence-electron chi connectivity index (χ3n) is 3.75. The molecule has 0 atom stereocenters. The highest BCUT2D eigenvalue weighted by atomic mass is 16.5. The molecule has 1 aliphatic heterocycles. The van der Waals surface area contributed by atoms with Crippen LogP contribution in [-0.2, 0) is 11.2 Å². The van der Waals surface area contributed by atoms with Crippen LogP contribution in [0.4, 0.5) is 11.6 Å². The molecule has 0 bridgehead atoms. The van der Waals surface area contributed by atoms with Crippen LogP contribution in [0.25, 0.3) is 0 Å². The van der Waals surface area contributed by atoms with Gasteiger partial charge in [-0.25, -0.2) is 15.8 Å². The van der Waals surface area contributed by atoms with Gasteiger partial charge in [0, 0.05) is 18.7 Å². The molecular formula is C14H25N5O2. The first kappa shape index (κ1) is 15.9. The van der Waals surface area contributed by atoms with E-state index in [9.17, 15) is 0 Å². The van der Waals surface area contributed by atoms with Crippen LogP contribution in [0.3, 0.4) is 0 Å². The van der Waals surface area contributed by atoms with E-state index in [0.717, 1.165) is 50.2 Å². The number of nitrogens with one attached hydrogen (secondary N) is 1. The van der Waals surface area contributed by atoms with E-state index in [4.69, 9.17) is 15.7 Å². The van der Waals surface area contributed by atoms with Crippen LogP contribution in [-0.4, -0.2) is 47.5 Å². The maximum atomic E-state index is 8.81. The Labute approximate surface area is 125 Å². The zero-order chi connectivity index (χ0) is 15.1. The Morgan fingerprint density at radius 3 is 2.81 bits per heavy atom. The lowest BCUT2D eigenvalue weighted by Crippen LogP contribution is -2.38. The Morgan fingerprint density at radius 1 is 1.43 bits per heavy atom. The number of nitrogens with zero attached hydrogens (tertiary/aromatic N) is 3. The fourth-order valence-electron chi connectivity index (χ4n) is 2.73. The molecule has 2 heterocycles. The zero-order valence-corrected chi connectivity index (χ0v) is 12.6. The normalized spacial score (nSPS) is 16.2. The van der Waals surface area contributed by atoms with Gasteiger partial charge in [-0.15, -0.1) is 0 Å². The van der Waals surface area contributed by atoms with E-state index in [1.165, 1.54) is 0 Å². The first-order chi connectivity index (χ1) is 10.3. The minimum atomic E-state index is 0.0816. The van der Waals surface area contributed by atoms with Crippen molar-refractivity contribution in [3.05, 3.63) is 11.9 Å². The molecule has 21 heavy (non-hydrogen) atoms. The summed E-state index contributed by atoms with van der Waals surface area (Å²) in [6.07, 6.45) is 5.60. The van der Waals surface area contributed by atoms with Crippen molar-refractivity contribution in [2.75, 3.05) is 36.6 Å². The largest absolute Gasteiger partial charge is 0.394 e. The number of rotatable bonds is 7. The van der Waals surface area contributed by atoms with E-state index in [1.807, 2.05) is 0 Å². The van der Waals surface area contributed by atoms with Crippen molar-refractivity contribution < 1.29 is 9.84 Å². The lowest BCUT2D eigenvalue weighted by molar-refractivity contribution is 0.0158. The molecule has 4 N–H and O–H groups in total. The third-order valence-corrected chi connectivity index (χ3v) is 3.75. The van der Waals surface area contributed by atoms with Crippen LogP contribution in [0.15, 0.2) is 6.33 Å². The zero-order valence-electron chi connectivity index (χ0n) is 12.6. The van der Waals surface area contributed by atoms with E-state index in [-0.39, 0.29) is 12.7 Å². The number of aliphatic hydroxyl groups is 1. The lowest BCUT2D eigenvalue weighted by atomic mass is 10.1. The van der Waals surface area contributed by atoms with Crippen LogP contribution in [0.5, 0.6) is 0 Å². The molecule has 0 unspecified atom stereocenters. The van der Waals surface area contributed by atoms with Crippen molar-refractivity contribution in [2.45, 2.75) is 38.7 Å². The summed E-state index contributed by atoms with van der Waals surface area (Å²) in [5.41, 5.74) is 3.75. The van der Waals surface area contributed by atoms with Crippen LogP contribution < -0.4 is 16.2 Å². The van der Waals surface area contributed by atoms with Gasteiger partial charge in [-0.1, -0.05) is 13.3 Å². The predicted molar refractivity (Wildman–Crippen MR) is 82.1 cm³/mol. The van der Waals surface area contributed by atoms with E-state index < -0.39 is 0 Å². The Bertz CT molecular complexity index is 435. The molecule has 7 nitrogen and oxygen atoms in total. The maximum Gasteiger partial charge on any atom is 0.148 e. The average molecular weight is 295 g/mol. The highest BCUT2D eigenvalue weighted by Gasteiger charge is 2.23. The summed E-state index contributed by atoms with van der Waals surface area (Å²) < 4.78 is 5.60. The number of aromatic nitrogens is 2. The van der Waals surface area contributed by atoms with Crippen LogP contribution in [0, 0.1) is 0 Å². The molecule has 0 radical (unpaired) electrons. The minimum Gasteiger partial charge on any atom is -0.394 e. The Kier molecular flexibility index (Phi) is 6.16. The molecule has 2 rings (SSSR count). The molecular weight excluding hydrogens is 270 g/mol. The number of nitrogens with two attached hydrogens (primary N) is 1. The summed E-state index contributed by atoms with van der Waals surface area (Å²) >= 11 is 0. The van der Waals surface area contributed by atoms with Gasteiger partial charge in [-0.3, -0.25) is 0 Å². The fourth-order valence-corrected chi connectivity index (χ4v) is 2.73. The number of aliphatic hydroxyl groups excluding tert-OH is 1. The van der Waals surface area contributed by atoms with Crippen molar-refractivity contribution in [3.63, 3.8) is 0 Å². The van der Waals surface area contributed by atoms with Gasteiger partial charge in [-0.2, -0.15) is 0 Å². The first-order valence-corrected chi connectivity index (χ1v) is 7.58. The predicted octanol–water partition coefficient (Wildman–Crippen LogP) is 0.692. The topological polar surface area (TPSA) is 96.5 Å². The smallest absolute Gasteiger partial charge is 0.148 e. The third kappa shape index (κ3) is 4.03. The monoisotopic (exact) mass is 295 g/mol. The van der Waals surface area contributed by atoms with Crippen molar-refractivity contribution in [2.24, 2.45) is 5.84 Å². The molecule has 1 aromatic heterocycles. The maximum absolute atomic E-state index is 8.81. The van der Waals surface area contributed by atoms with E-state index >= 15 is 0 Å². The van der Waals surface area contributed by atoms with Gasteiger partial charge >= 0.3 is 0 Å². The number of hydrogen-bond donors (Lipinski definition) is 3. The minimum absolute atomic E-state index is 0.0816. The molecule has 0 aromatic carbocycles. The summed E-state index contributed by atoms with van der Waals surface area (Å²) in [5, 5.41) is 8.81. The van der Waals surface area contributed by atoms with Gasteiger partial charge in [0.05, 0.1) is 19.3 Å². The second-order valence-corrected chi connectivity index (χ2v) is 5.20. The van der Waals surface area contributed by atoms with Gasteiger partial charge in [0.25, 0.3) is 0 Å². The van der Waals surface area contributed by atoms with Crippen LogP contribution in [0.2, 0.25) is 0 Å². The Morgan fingerprint density at radius 2 is 2.19 bits per heavy atom. The lowest BCUT2D eigenvalue weighted by Gasteiger charge is -2.33. The number of piperidine rings is 1. The number of ether oxygens (including phenoxy) is 1. The molecule has 118 valence electrons. The van der Waals surface area contributed by atoms with E-state index in [0.29, 0.717) is 12.4 Å². The Hall–Kier alpha value is -1.44. The average Bonchev–Trinajstić information content (AvgIpc) is 2.54.